The predicted molar refractivity (Wildman–Crippen MR) is 72.6 cm³/mol. The number of nitrogens with zero attached hydrogens (tertiary/aromatic N) is 4. The second-order valence-electron chi connectivity index (χ2n) is 4.24. The molecule has 7 heteroatoms. The van der Waals surface area contributed by atoms with Crippen molar-refractivity contribution in [3.63, 3.8) is 0 Å². The third-order valence-electron chi connectivity index (χ3n) is 2.78. The Kier molecular flexibility index (Phi) is 3.00. The molecule has 0 bridgehead atoms. The van der Waals surface area contributed by atoms with E-state index in [9.17, 15) is 4.79 Å². The first kappa shape index (κ1) is 12.1. The molecule has 2 N–H and O–H groups in total. The zero-order chi connectivity index (χ0) is 13.9. The van der Waals surface area contributed by atoms with Crippen LogP contribution in [-0.2, 0) is 0 Å². The van der Waals surface area contributed by atoms with Gasteiger partial charge in [-0.1, -0.05) is 6.07 Å². The Morgan fingerprint density at radius 1 is 1.35 bits per heavy atom. The predicted octanol–water partition coefficient (Wildman–Crippen LogP) is 1.55. The number of pyridine rings is 1. The molecular weight excluding hydrogens is 256 g/mol. The molecule has 0 saturated heterocycles. The van der Waals surface area contributed by atoms with Gasteiger partial charge in [0.05, 0.1) is 24.3 Å². The molecular formula is C13H12N6O. The summed E-state index contributed by atoms with van der Waals surface area (Å²) in [5.74, 6) is 0.436. The van der Waals surface area contributed by atoms with Crippen LogP contribution in [0.5, 0.6) is 0 Å². The number of aromatic nitrogens is 5. The molecule has 0 aliphatic rings. The number of aryl methyl sites for hydroxylation is 1. The maximum atomic E-state index is 12.0. The second kappa shape index (κ2) is 4.96. The Morgan fingerprint density at radius 3 is 2.95 bits per heavy atom. The average Bonchev–Trinajstić information content (AvgIpc) is 3.09. The number of hydrogen-bond donors (Lipinski definition) is 2. The molecule has 1 amide bonds. The van der Waals surface area contributed by atoms with Crippen molar-refractivity contribution in [2.45, 2.75) is 6.92 Å². The van der Waals surface area contributed by atoms with Gasteiger partial charge in [0.15, 0.2) is 5.82 Å². The molecule has 0 atom stereocenters. The number of rotatable bonds is 3. The molecule has 0 aliphatic carbocycles. The summed E-state index contributed by atoms with van der Waals surface area (Å²) in [4.78, 5) is 16.2. The lowest BCUT2D eigenvalue weighted by Gasteiger charge is -2.01. The lowest BCUT2D eigenvalue weighted by atomic mass is 10.2. The van der Waals surface area contributed by atoms with Crippen molar-refractivity contribution in [2.75, 3.05) is 5.32 Å². The average molecular weight is 268 g/mol. The Labute approximate surface area is 114 Å². The zero-order valence-corrected chi connectivity index (χ0v) is 10.7. The van der Waals surface area contributed by atoms with E-state index in [0.29, 0.717) is 17.2 Å². The van der Waals surface area contributed by atoms with E-state index in [-0.39, 0.29) is 5.91 Å². The molecule has 0 aromatic carbocycles. The van der Waals surface area contributed by atoms with Gasteiger partial charge in [-0.15, -0.1) is 0 Å². The third kappa shape index (κ3) is 2.28. The highest BCUT2D eigenvalue weighted by molar-refractivity contribution is 6.03. The van der Waals surface area contributed by atoms with E-state index in [4.69, 9.17) is 0 Å². The normalized spacial score (nSPS) is 10.4. The molecule has 0 aliphatic heterocycles. The largest absolute Gasteiger partial charge is 0.318 e. The minimum Gasteiger partial charge on any atom is -0.318 e. The van der Waals surface area contributed by atoms with Crippen LogP contribution >= 0.6 is 0 Å². The Morgan fingerprint density at radius 2 is 2.25 bits per heavy atom. The van der Waals surface area contributed by atoms with Crippen LogP contribution in [0.2, 0.25) is 0 Å². The number of hydrogen-bond acceptors (Lipinski definition) is 4. The smallest absolute Gasteiger partial charge is 0.274 e. The zero-order valence-electron chi connectivity index (χ0n) is 10.7. The van der Waals surface area contributed by atoms with Gasteiger partial charge in [0.25, 0.3) is 5.91 Å². The number of nitrogens with one attached hydrogen (secondary N) is 2. The molecule has 3 heterocycles. The summed E-state index contributed by atoms with van der Waals surface area (Å²) < 4.78 is 1.59. The monoisotopic (exact) mass is 268 g/mol. The van der Waals surface area contributed by atoms with E-state index >= 15 is 0 Å². The van der Waals surface area contributed by atoms with Crippen molar-refractivity contribution in [3.05, 3.63) is 54.2 Å². The van der Waals surface area contributed by atoms with Crippen molar-refractivity contribution in [2.24, 2.45) is 0 Å². The minimum absolute atomic E-state index is 0.249. The second-order valence-corrected chi connectivity index (χ2v) is 4.24. The van der Waals surface area contributed by atoms with Crippen LogP contribution < -0.4 is 5.32 Å². The Bertz CT molecular complexity index is 730. The molecule has 20 heavy (non-hydrogen) atoms. The molecule has 0 saturated carbocycles. The first-order valence-electron chi connectivity index (χ1n) is 6.01. The third-order valence-corrected chi connectivity index (χ3v) is 2.78. The van der Waals surface area contributed by atoms with E-state index in [1.165, 1.54) is 0 Å². The van der Waals surface area contributed by atoms with Crippen molar-refractivity contribution in [1.29, 1.82) is 0 Å². The van der Waals surface area contributed by atoms with Gasteiger partial charge >= 0.3 is 0 Å². The maximum Gasteiger partial charge on any atom is 0.274 e. The molecule has 3 aromatic rings. The first-order valence-corrected chi connectivity index (χ1v) is 6.01. The molecule has 7 nitrogen and oxygen atoms in total. The van der Waals surface area contributed by atoms with E-state index in [2.05, 4.69) is 25.6 Å². The first-order chi connectivity index (χ1) is 9.74. The SMILES string of the molecule is Cc1cn[nH]c1C(=O)Nc1cnn(-c2ccccn2)c1. The fourth-order valence-corrected chi connectivity index (χ4v) is 1.77. The van der Waals surface area contributed by atoms with Crippen LogP contribution in [0.1, 0.15) is 16.1 Å². The van der Waals surface area contributed by atoms with Crippen LogP contribution in [0.4, 0.5) is 5.69 Å². The van der Waals surface area contributed by atoms with Gasteiger partial charge in [-0.3, -0.25) is 9.89 Å². The van der Waals surface area contributed by atoms with E-state index in [1.807, 2.05) is 25.1 Å². The van der Waals surface area contributed by atoms with E-state index in [1.54, 1.807) is 29.5 Å². The summed E-state index contributed by atoms with van der Waals surface area (Å²) >= 11 is 0. The highest BCUT2D eigenvalue weighted by atomic mass is 16.2. The Hall–Kier alpha value is -2.96. The number of carbonyl (C=O) groups excluding carboxylic acids is 1. The molecule has 3 aromatic heterocycles. The quantitative estimate of drug-likeness (QED) is 0.754. The van der Waals surface area contributed by atoms with Crippen LogP contribution in [-0.4, -0.2) is 30.9 Å². The summed E-state index contributed by atoms with van der Waals surface area (Å²) in [6.07, 6.45) is 6.56. The van der Waals surface area contributed by atoms with Crippen molar-refractivity contribution < 1.29 is 4.79 Å². The minimum atomic E-state index is -0.249. The van der Waals surface area contributed by atoms with Crippen LogP contribution in [0, 0.1) is 6.92 Å². The number of amides is 1. The molecule has 0 unspecified atom stereocenters. The van der Waals surface area contributed by atoms with Gasteiger partial charge in [-0.2, -0.15) is 10.2 Å². The highest BCUT2D eigenvalue weighted by Gasteiger charge is 2.12. The number of H-pyrrole nitrogens is 1. The lowest BCUT2D eigenvalue weighted by molar-refractivity contribution is 0.102. The Balaban J connectivity index is 1.78. The van der Waals surface area contributed by atoms with Crippen LogP contribution in [0.25, 0.3) is 5.82 Å². The number of anilines is 1. The molecule has 100 valence electrons. The highest BCUT2D eigenvalue weighted by Crippen LogP contribution is 2.11. The summed E-state index contributed by atoms with van der Waals surface area (Å²) in [6, 6.07) is 5.53. The summed E-state index contributed by atoms with van der Waals surface area (Å²) in [6.45, 7) is 1.82. The van der Waals surface area contributed by atoms with Crippen molar-refractivity contribution >= 4 is 11.6 Å². The van der Waals surface area contributed by atoms with Crippen LogP contribution in [0.3, 0.4) is 0 Å². The fourth-order valence-electron chi connectivity index (χ4n) is 1.77. The van der Waals surface area contributed by atoms with Gasteiger partial charge in [0.1, 0.15) is 5.69 Å². The summed E-state index contributed by atoms with van der Waals surface area (Å²) in [5.41, 5.74) is 1.82. The fraction of sp³-hybridized carbons (Fsp3) is 0.0769. The molecule has 3 rings (SSSR count). The lowest BCUT2D eigenvalue weighted by Crippen LogP contribution is -2.13. The topological polar surface area (TPSA) is 88.5 Å². The van der Waals surface area contributed by atoms with Gasteiger partial charge in [-0.25, -0.2) is 9.67 Å². The molecule has 0 fully saturated rings. The maximum absolute atomic E-state index is 12.0. The molecule has 0 spiro atoms. The van der Waals surface area contributed by atoms with E-state index < -0.39 is 0 Å². The number of carbonyl (C=O) groups is 1. The number of aromatic amines is 1. The van der Waals surface area contributed by atoms with Crippen molar-refractivity contribution in [1.82, 2.24) is 25.0 Å². The van der Waals surface area contributed by atoms with E-state index in [0.717, 1.165) is 5.56 Å². The van der Waals surface area contributed by atoms with Crippen molar-refractivity contribution in [3.8, 4) is 5.82 Å². The van der Waals surface area contributed by atoms with Crippen LogP contribution in [0.15, 0.2) is 43.0 Å². The van der Waals surface area contributed by atoms with Gasteiger partial charge in [0, 0.05) is 6.20 Å². The standard InChI is InChI=1S/C13H12N6O/c1-9-6-15-18-12(9)13(20)17-10-7-16-19(8-10)11-4-2-3-5-14-11/h2-8H,1H3,(H,15,18)(H,17,20). The van der Waals surface area contributed by atoms with Gasteiger partial charge in [0.2, 0.25) is 0 Å². The van der Waals surface area contributed by atoms with Gasteiger partial charge < -0.3 is 5.32 Å². The molecule has 0 radical (unpaired) electrons. The summed E-state index contributed by atoms with van der Waals surface area (Å²) in [7, 11) is 0. The van der Waals surface area contributed by atoms with Gasteiger partial charge in [-0.05, 0) is 24.6 Å². The summed E-state index contributed by atoms with van der Waals surface area (Å²) in [5, 5.41) is 13.4.